The van der Waals surface area contributed by atoms with Crippen molar-refractivity contribution in [2.45, 2.75) is 4.90 Å². The summed E-state index contributed by atoms with van der Waals surface area (Å²) < 4.78 is 47.8. The molecule has 3 heterocycles. The number of imidazole rings is 1. The van der Waals surface area contributed by atoms with Crippen molar-refractivity contribution in [3.8, 4) is 34.1 Å². The van der Waals surface area contributed by atoms with Gasteiger partial charge >= 0.3 is 5.84 Å². The Labute approximate surface area is 204 Å². The Hall–Kier alpha value is -4.49. The van der Waals surface area contributed by atoms with E-state index in [-0.39, 0.29) is 35.5 Å². The number of anilines is 1. The van der Waals surface area contributed by atoms with Gasteiger partial charge in [-0.1, -0.05) is 0 Å². The average Bonchev–Trinajstić information content (AvgIpc) is 3.46. The molecule has 11 nitrogen and oxygen atoms in total. The van der Waals surface area contributed by atoms with Crippen LogP contribution < -0.4 is 10.0 Å². The minimum Gasteiger partial charge on any atom is -0.508 e. The predicted molar refractivity (Wildman–Crippen MR) is 127 cm³/mol. The molecule has 0 aliphatic carbocycles. The highest BCUT2D eigenvalue weighted by molar-refractivity contribution is 7.89. The summed E-state index contributed by atoms with van der Waals surface area (Å²) in [7, 11) is -3.75. The van der Waals surface area contributed by atoms with Gasteiger partial charge < -0.3 is 19.9 Å². The lowest BCUT2D eigenvalue weighted by molar-refractivity contribution is 0.432. The molecule has 3 aromatic heterocycles. The largest absolute Gasteiger partial charge is 0.508 e. The minimum absolute atomic E-state index is 0.0297. The number of phenols is 2. The van der Waals surface area contributed by atoms with Gasteiger partial charge in [0.2, 0.25) is 16.0 Å². The number of hydrogen-bond acceptors (Lipinski definition) is 9. The summed E-state index contributed by atoms with van der Waals surface area (Å²) in [5.41, 5.74) is 1.86. The summed E-state index contributed by atoms with van der Waals surface area (Å²) in [4.78, 5) is 13.2. The first-order chi connectivity index (χ1) is 17.3. The lowest BCUT2D eigenvalue weighted by Gasteiger charge is -2.09. The van der Waals surface area contributed by atoms with E-state index in [1.807, 2.05) is 0 Å². The van der Waals surface area contributed by atoms with Crippen LogP contribution in [0.4, 0.5) is 10.3 Å². The molecule has 0 spiro atoms. The maximum absolute atomic E-state index is 13.6. The highest BCUT2D eigenvalue weighted by atomic mass is 32.2. The molecule has 0 saturated carbocycles. The Kier molecular flexibility index (Phi) is 6.00. The topological polar surface area (TPSA) is 155 Å². The van der Waals surface area contributed by atoms with E-state index in [9.17, 15) is 23.0 Å². The molecule has 4 N–H and O–H groups in total. The van der Waals surface area contributed by atoms with Gasteiger partial charge in [-0.3, -0.25) is 4.40 Å². The molecular formula is C23H19FN6O5S. The molecule has 36 heavy (non-hydrogen) atoms. The van der Waals surface area contributed by atoms with Crippen LogP contribution in [0.3, 0.4) is 0 Å². The Balaban J connectivity index is 1.35. The standard InChI is InChI=1S/C23H19FN6O5S/c24-17-6-1-14(13-19(17)32)20-21(30-11-12-35-23(30)29-20)18-7-8-25-22(28-18)26-9-10-27-36(33,34)16-4-2-15(31)3-5-16/h1-8,11-13,27,31-32H,9-10H2,(H,25,26,28). The number of nitrogens with zero attached hydrogens (tertiary/aromatic N) is 4. The van der Waals surface area contributed by atoms with Gasteiger partial charge in [0.05, 0.1) is 10.6 Å². The number of phenolic OH excluding ortho intramolecular Hbond substituents is 2. The van der Waals surface area contributed by atoms with Crippen LogP contribution >= 0.6 is 0 Å². The Morgan fingerprint density at radius 1 is 1.03 bits per heavy atom. The molecule has 0 radical (unpaired) electrons. The number of hydrogen-bond donors (Lipinski definition) is 4. The van der Waals surface area contributed by atoms with E-state index in [1.165, 1.54) is 48.9 Å². The lowest BCUT2D eigenvalue weighted by Crippen LogP contribution is -2.29. The third-order valence-corrected chi connectivity index (χ3v) is 6.70. The van der Waals surface area contributed by atoms with Gasteiger partial charge in [0.25, 0.3) is 0 Å². The third-order valence-electron chi connectivity index (χ3n) is 5.23. The van der Waals surface area contributed by atoms with Crippen LogP contribution in [-0.2, 0) is 10.0 Å². The summed E-state index contributed by atoms with van der Waals surface area (Å²) in [6.45, 7) is 0.239. The number of fused-ring (bicyclic) bond motifs is 1. The van der Waals surface area contributed by atoms with E-state index in [4.69, 9.17) is 4.42 Å². The van der Waals surface area contributed by atoms with E-state index in [2.05, 4.69) is 25.0 Å². The fraction of sp³-hybridized carbons (Fsp3) is 0.0870. The van der Waals surface area contributed by atoms with Gasteiger partial charge in [0.1, 0.15) is 23.4 Å². The molecule has 0 bridgehead atoms. The second-order valence-corrected chi connectivity index (χ2v) is 9.38. The normalized spacial score (nSPS) is 11.7. The molecule has 5 rings (SSSR count). The first-order valence-electron chi connectivity index (χ1n) is 10.6. The van der Waals surface area contributed by atoms with E-state index < -0.39 is 21.6 Å². The van der Waals surface area contributed by atoms with Crippen molar-refractivity contribution >= 4 is 21.8 Å². The van der Waals surface area contributed by atoms with Gasteiger partial charge in [0.15, 0.2) is 11.6 Å². The van der Waals surface area contributed by atoms with Crippen LogP contribution in [0.15, 0.2) is 76.5 Å². The summed E-state index contributed by atoms with van der Waals surface area (Å²) >= 11 is 0. The van der Waals surface area contributed by atoms with Crippen LogP contribution in [0.5, 0.6) is 11.5 Å². The van der Waals surface area contributed by atoms with Crippen molar-refractivity contribution in [1.82, 2.24) is 24.1 Å². The molecule has 5 aromatic rings. The van der Waals surface area contributed by atoms with E-state index in [0.717, 1.165) is 6.07 Å². The predicted octanol–water partition coefficient (Wildman–Crippen LogP) is 2.99. The summed E-state index contributed by atoms with van der Waals surface area (Å²) in [5, 5.41) is 22.1. The van der Waals surface area contributed by atoms with Crippen LogP contribution in [0.2, 0.25) is 0 Å². The Morgan fingerprint density at radius 3 is 2.61 bits per heavy atom. The van der Waals surface area contributed by atoms with Gasteiger partial charge in [-0.15, -0.1) is 0 Å². The zero-order valence-corrected chi connectivity index (χ0v) is 19.3. The third kappa shape index (κ3) is 4.56. The van der Waals surface area contributed by atoms with Crippen LogP contribution in [-0.4, -0.2) is 51.1 Å². The molecule has 0 aliphatic heterocycles. The quantitative estimate of drug-likeness (QED) is 0.231. The molecule has 0 saturated heterocycles. The number of halogens is 1. The zero-order chi connectivity index (χ0) is 25.3. The molecule has 2 aromatic carbocycles. The van der Waals surface area contributed by atoms with Gasteiger partial charge in [-0.25, -0.2) is 27.5 Å². The fourth-order valence-corrected chi connectivity index (χ4v) is 4.57. The molecular weight excluding hydrogens is 491 g/mol. The fourth-order valence-electron chi connectivity index (χ4n) is 3.54. The van der Waals surface area contributed by atoms with Crippen LogP contribution in [0.1, 0.15) is 0 Å². The monoisotopic (exact) mass is 510 g/mol. The van der Waals surface area contributed by atoms with Crippen LogP contribution in [0.25, 0.3) is 28.5 Å². The summed E-state index contributed by atoms with van der Waals surface area (Å²) in [6, 6.07) is 10.7. The number of rotatable bonds is 8. The lowest BCUT2D eigenvalue weighted by atomic mass is 10.1. The summed E-state index contributed by atoms with van der Waals surface area (Å²) in [5.74, 6) is -0.776. The molecule has 13 heteroatoms. The van der Waals surface area contributed by atoms with E-state index in [0.29, 0.717) is 22.6 Å². The first kappa shape index (κ1) is 23.3. The molecule has 0 unspecified atom stereocenters. The van der Waals surface area contributed by atoms with Crippen molar-refractivity contribution in [1.29, 1.82) is 0 Å². The number of nitrogens with one attached hydrogen (secondary N) is 2. The molecule has 184 valence electrons. The smallest absolute Gasteiger partial charge is 0.306 e. The maximum atomic E-state index is 13.6. The number of benzene rings is 2. The van der Waals surface area contributed by atoms with Crippen molar-refractivity contribution in [2.24, 2.45) is 0 Å². The van der Waals surface area contributed by atoms with Gasteiger partial charge in [0, 0.05) is 31.0 Å². The zero-order valence-electron chi connectivity index (χ0n) is 18.5. The number of oxazole rings is 1. The number of aromatic nitrogens is 4. The Bertz CT molecular complexity index is 1650. The van der Waals surface area contributed by atoms with Gasteiger partial charge in [-0.2, -0.15) is 4.98 Å². The SMILES string of the molecule is O=S(=O)(NCCNc1nccc(-c2c(-c3ccc(F)c(O)c3)nc3occn23)n1)c1ccc(O)cc1. The van der Waals surface area contributed by atoms with Crippen molar-refractivity contribution in [2.75, 3.05) is 18.4 Å². The summed E-state index contributed by atoms with van der Waals surface area (Å²) in [6.07, 6.45) is 4.63. The van der Waals surface area contributed by atoms with E-state index >= 15 is 0 Å². The number of aromatic hydroxyl groups is 2. The van der Waals surface area contributed by atoms with Crippen molar-refractivity contribution < 1.29 is 27.4 Å². The first-order valence-corrected chi connectivity index (χ1v) is 12.1. The van der Waals surface area contributed by atoms with Crippen molar-refractivity contribution in [3.05, 3.63) is 73.0 Å². The van der Waals surface area contributed by atoms with Gasteiger partial charge in [-0.05, 0) is 48.5 Å². The highest BCUT2D eigenvalue weighted by Crippen LogP contribution is 2.34. The molecule has 0 aliphatic rings. The second kappa shape index (κ2) is 9.28. The highest BCUT2D eigenvalue weighted by Gasteiger charge is 2.20. The molecule has 0 amide bonds. The maximum Gasteiger partial charge on any atom is 0.306 e. The Morgan fingerprint density at radius 2 is 1.83 bits per heavy atom. The second-order valence-electron chi connectivity index (χ2n) is 7.61. The average molecular weight is 511 g/mol. The molecule has 0 atom stereocenters. The van der Waals surface area contributed by atoms with Crippen molar-refractivity contribution in [3.63, 3.8) is 0 Å². The number of sulfonamides is 1. The molecule has 0 fully saturated rings. The van der Waals surface area contributed by atoms with Crippen LogP contribution in [0, 0.1) is 5.82 Å². The minimum atomic E-state index is -3.75. The van der Waals surface area contributed by atoms with E-state index in [1.54, 1.807) is 16.7 Å².